The first-order chi connectivity index (χ1) is 23.3. The number of rotatable bonds is 10. The van der Waals surface area contributed by atoms with E-state index in [1.54, 1.807) is 21.0 Å². The Hall–Kier alpha value is -4.08. The van der Waals surface area contributed by atoms with Crippen molar-refractivity contribution in [1.82, 2.24) is 15.3 Å². The molecule has 264 valence electrons. The van der Waals surface area contributed by atoms with Crippen molar-refractivity contribution in [3.05, 3.63) is 52.8 Å². The molecule has 1 aliphatic carbocycles. The number of methoxy groups -OCH3 is 1. The molecule has 9 nitrogen and oxygen atoms in total. The van der Waals surface area contributed by atoms with Gasteiger partial charge < -0.3 is 31.6 Å². The largest absolute Gasteiger partial charge is 0.496 e. The van der Waals surface area contributed by atoms with Gasteiger partial charge in [0.15, 0.2) is 0 Å². The molecule has 1 aliphatic heterocycles. The number of piperidine rings is 1. The zero-order valence-electron chi connectivity index (χ0n) is 28.6. The number of aryl methyl sites for hydroxylation is 1. The number of anilines is 2. The fourth-order valence-electron chi connectivity index (χ4n) is 7.16. The number of amides is 1. The highest BCUT2D eigenvalue weighted by Crippen LogP contribution is 2.44. The van der Waals surface area contributed by atoms with Gasteiger partial charge in [-0.2, -0.15) is 13.2 Å². The number of hydrogen-bond acceptors (Lipinski definition) is 8. The van der Waals surface area contributed by atoms with E-state index in [0.29, 0.717) is 39.8 Å². The van der Waals surface area contributed by atoms with E-state index in [1.165, 1.54) is 6.07 Å². The molecule has 2 aliphatic rings. The van der Waals surface area contributed by atoms with Crippen LogP contribution in [0.1, 0.15) is 87.0 Å². The molecule has 1 saturated carbocycles. The first kappa shape index (κ1) is 36.2. The van der Waals surface area contributed by atoms with Crippen LogP contribution in [-0.2, 0) is 15.7 Å². The molecular weight excluding hydrogens is 633 g/mol. The van der Waals surface area contributed by atoms with E-state index in [1.807, 2.05) is 12.1 Å². The molecular formula is C37H47F3N6O3. The molecule has 1 aromatic heterocycles. The predicted molar refractivity (Wildman–Crippen MR) is 185 cm³/mol. The summed E-state index contributed by atoms with van der Waals surface area (Å²) in [5.74, 6) is 8.49. The van der Waals surface area contributed by atoms with Crippen LogP contribution in [0.5, 0.6) is 5.75 Å². The molecule has 3 atom stereocenters. The molecule has 1 saturated heterocycles. The van der Waals surface area contributed by atoms with Crippen LogP contribution >= 0.6 is 0 Å². The number of nitrogens with two attached hydrogens (primary N) is 2. The van der Waals surface area contributed by atoms with Gasteiger partial charge >= 0.3 is 6.18 Å². The van der Waals surface area contributed by atoms with Gasteiger partial charge in [-0.25, -0.2) is 9.97 Å². The number of ether oxygens (including phenoxy) is 2. The SMILES string of the molecule is COc1cc2nc(C)nc(N[C@H](C)c3cc(N)cc(C(F)(F)F)c3)c2cc1[C@H](OCC#CC1CCNCC1)[C@H](C)C1CCC(C(N)=O)CC1. The lowest BCUT2D eigenvalue weighted by molar-refractivity contribution is -0.137. The summed E-state index contributed by atoms with van der Waals surface area (Å²) in [6, 6.07) is 6.80. The molecule has 2 aromatic carbocycles. The summed E-state index contributed by atoms with van der Waals surface area (Å²) in [5, 5.41) is 7.36. The van der Waals surface area contributed by atoms with Crippen LogP contribution in [0.4, 0.5) is 24.7 Å². The first-order valence-electron chi connectivity index (χ1n) is 17.0. The number of fused-ring (bicyclic) bond motifs is 1. The lowest BCUT2D eigenvalue weighted by Gasteiger charge is -2.35. The van der Waals surface area contributed by atoms with Crippen LogP contribution < -0.4 is 26.8 Å². The van der Waals surface area contributed by atoms with E-state index in [0.717, 1.165) is 69.3 Å². The van der Waals surface area contributed by atoms with E-state index < -0.39 is 23.9 Å². The number of carbonyl (C=O) groups is 1. The number of aromatic nitrogens is 2. The summed E-state index contributed by atoms with van der Waals surface area (Å²) >= 11 is 0. The van der Waals surface area contributed by atoms with Crippen molar-refractivity contribution in [3.63, 3.8) is 0 Å². The molecule has 3 aromatic rings. The molecule has 2 fully saturated rings. The van der Waals surface area contributed by atoms with Crippen molar-refractivity contribution in [2.45, 2.75) is 77.6 Å². The van der Waals surface area contributed by atoms with Crippen LogP contribution in [0.15, 0.2) is 30.3 Å². The molecule has 0 unspecified atom stereocenters. The van der Waals surface area contributed by atoms with Gasteiger partial charge in [0.05, 0.1) is 30.3 Å². The first-order valence-corrected chi connectivity index (χ1v) is 17.0. The number of halogens is 3. The van der Waals surface area contributed by atoms with Gasteiger partial charge in [-0.1, -0.05) is 18.8 Å². The molecule has 1 amide bonds. The lowest BCUT2D eigenvalue weighted by Crippen LogP contribution is -2.31. The maximum atomic E-state index is 13.6. The quantitative estimate of drug-likeness (QED) is 0.137. The third-order valence-corrected chi connectivity index (χ3v) is 10.00. The van der Waals surface area contributed by atoms with E-state index in [2.05, 4.69) is 39.4 Å². The summed E-state index contributed by atoms with van der Waals surface area (Å²) in [7, 11) is 1.61. The van der Waals surface area contributed by atoms with Crippen LogP contribution in [0, 0.1) is 42.4 Å². The van der Waals surface area contributed by atoms with Gasteiger partial charge in [0, 0.05) is 34.5 Å². The van der Waals surface area contributed by atoms with Crippen molar-refractivity contribution in [2.75, 3.05) is 37.9 Å². The summed E-state index contributed by atoms with van der Waals surface area (Å²) in [6.45, 7) is 7.84. The number of alkyl halides is 3. The Balaban J connectivity index is 1.50. The average Bonchev–Trinajstić information content (AvgIpc) is 3.07. The van der Waals surface area contributed by atoms with Crippen LogP contribution in [-0.4, -0.2) is 42.7 Å². The Bertz CT molecular complexity index is 1690. The van der Waals surface area contributed by atoms with Gasteiger partial charge in [-0.15, -0.1) is 0 Å². The van der Waals surface area contributed by atoms with E-state index in [9.17, 15) is 18.0 Å². The van der Waals surface area contributed by atoms with Gasteiger partial charge in [0.1, 0.15) is 24.0 Å². The molecule has 12 heteroatoms. The minimum atomic E-state index is -4.53. The van der Waals surface area contributed by atoms with Crippen molar-refractivity contribution in [3.8, 4) is 17.6 Å². The molecule has 0 radical (unpaired) electrons. The Labute approximate surface area is 286 Å². The number of carbonyl (C=O) groups excluding carboxylic acids is 1. The highest BCUT2D eigenvalue weighted by atomic mass is 19.4. The monoisotopic (exact) mass is 680 g/mol. The predicted octanol–water partition coefficient (Wildman–Crippen LogP) is 6.71. The molecule has 6 N–H and O–H groups in total. The summed E-state index contributed by atoms with van der Waals surface area (Å²) < 4.78 is 53.4. The molecule has 0 spiro atoms. The van der Waals surface area contributed by atoms with Crippen molar-refractivity contribution < 1.29 is 27.4 Å². The van der Waals surface area contributed by atoms with E-state index in [4.69, 9.17) is 20.9 Å². The molecule has 5 rings (SSSR count). The fraction of sp³-hybridized carbons (Fsp3) is 0.541. The van der Waals surface area contributed by atoms with Crippen LogP contribution in [0.3, 0.4) is 0 Å². The Kier molecular flexibility index (Phi) is 11.6. The minimum absolute atomic E-state index is 0.0244. The number of nitrogens with one attached hydrogen (secondary N) is 2. The smallest absolute Gasteiger partial charge is 0.416 e. The maximum Gasteiger partial charge on any atom is 0.416 e. The van der Waals surface area contributed by atoms with E-state index >= 15 is 0 Å². The molecule has 49 heavy (non-hydrogen) atoms. The zero-order chi connectivity index (χ0) is 35.3. The van der Waals surface area contributed by atoms with Gasteiger partial charge in [0.25, 0.3) is 0 Å². The highest BCUT2D eigenvalue weighted by molar-refractivity contribution is 5.91. The highest BCUT2D eigenvalue weighted by Gasteiger charge is 2.35. The number of hydrogen-bond donors (Lipinski definition) is 4. The van der Waals surface area contributed by atoms with Crippen molar-refractivity contribution >= 4 is 28.3 Å². The second-order valence-electron chi connectivity index (χ2n) is 13.4. The second kappa shape index (κ2) is 15.6. The summed E-state index contributed by atoms with van der Waals surface area (Å²) in [6.07, 6.45) is 0.240. The number of nitrogens with zero attached hydrogens (tertiary/aromatic N) is 2. The molecule has 2 heterocycles. The van der Waals surface area contributed by atoms with Gasteiger partial charge in [-0.05, 0) is 107 Å². The van der Waals surface area contributed by atoms with Crippen LogP contribution in [0.2, 0.25) is 0 Å². The third-order valence-electron chi connectivity index (χ3n) is 10.00. The summed E-state index contributed by atoms with van der Waals surface area (Å²) in [4.78, 5) is 21.2. The minimum Gasteiger partial charge on any atom is -0.496 e. The van der Waals surface area contributed by atoms with Crippen molar-refractivity contribution in [1.29, 1.82) is 0 Å². The van der Waals surface area contributed by atoms with Gasteiger partial charge in [0.2, 0.25) is 5.91 Å². The van der Waals surface area contributed by atoms with Crippen molar-refractivity contribution in [2.24, 2.45) is 29.4 Å². The standard InChI is InChI=1S/C37H47F3N6O3/c1-21(25-7-9-26(10-8-25)35(42)47)34(49-15-5-6-24-11-13-43-14-12-24)31-19-30-32(20-33(31)48-4)45-23(3)46-36(30)44-22(2)27-16-28(37(38,39)40)18-29(41)17-27/h16-22,24-26,34,43H,7-15,41H2,1-4H3,(H2,42,47)(H,44,45,46)/t21-,22-,25?,26?,34-/m1/s1. The topological polar surface area (TPSA) is 137 Å². The Morgan fingerprint density at radius 1 is 1.06 bits per heavy atom. The number of benzene rings is 2. The number of nitrogen functional groups attached to an aromatic ring is 1. The van der Waals surface area contributed by atoms with Crippen LogP contribution in [0.25, 0.3) is 10.9 Å². The van der Waals surface area contributed by atoms with Gasteiger partial charge in [-0.3, -0.25) is 4.79 Å². The Morgan fingerprint density at radius 3 is 2.43 bits per heavy atom. The van der Waals surface area contributed by atoms with E-state index in [-0.39, 0.29) is 36.0 Å². The zero-order valence-corrected chi connectivity index (χ0v) is 28.6. The molecule has 0 bridgehead atoms. The second-order valence-corrected chi connectivity index (χ2v) is 13.4. The fourth-order valence-corrected chi connectivity index (χ4v) is 7.16. The normalized spacial score (nSPS) is 20.6. The summed E-state index contributed by atoms with van der Waals surface area (Å²) in [5.41, 5.74) is 12.5. The lowest BCUT2D eigenvalue weighted by atomic mass is 9.73. The third kappa shape index (κ3) is 8.94. The Morgan fingerprint density at radius 2 is 1.78 bits per heavy atom. The number of primary amides is 1. The average molecular weight is 681 g/mol. The maximum absolute atomic E-state index is 13.6.